The Morgan fingerprint density at radius 3 is 2.46 bits per heavy atom. The predicted octanol–water partition coefficient (Wildman–Crippen LogP) is 4.69. The number of hydrogen-bond acceptors (Lipinski definition) is 5. The summed E-state index contributed by atoms with van der Waals surface area (Å²) in [6, 6.07) is 13.0. The van der Waals surface area contributed by atoms with Crippen molar-refractivity contribution in [3.05, 3.63) is 80.2 Å². The van der Waals surface area contributed by atoms with E-state index in [1.165, 1.54) is 11.8 Å². The quantitative estimate of drug-likeness (QED) is 0.283. The number of nitrogens with two attached hydrogens (primary N) is 1. The van der Waals surface area contributed by atoms with Crippen LogP contribution in [0.5, 0.6) is 0 Å². The number of amidine groups is 1. The van der Waals surface area contributed by atoms with Gasteiger partial charge in [0, 0.05) is 12.6 Å². The zero-order valence-corrected chi connectivity index (χ0v) is 17.5. The lowest BCUT2D eigenvalue weighted by molar-refractivity contribution is 0.104. The smallest absolute Gasteiger partial charge is 0.200 e. The van der Waals surface area contributed by atoms with E-state index in [2.05, 4.69) is 16.0 Å². The van der Waals surface area contributed by atoms with Crippen LogP contribution in [0.1, 0.15) is 28.4 Å². The van der Waals surface area contributed by atoms with Crippen LogP contribution in [-0.2, 0) is 0 Å². The summed E-state index contributed by atoms with van der Waals surface area (Å²) in [7, 11) is 1.62. The molecule has 0 saturated carbocycles. The maximum Gasteiger partial charge on any atom is 0.200 e. The molecule has 0 fully saturated rings. The van der Waals surface area contributed by atoms with Gasteiger partial charge in [-0.25, -0.2) is 0 Å². The van der Waals surface area contributed by atoms with Crippen molar-refractivity contribution in [1.82, 2.24) is 11.0 Å². The molecule has 0 radical (unpaired) electrons. The minimum absolute atomic E-state index is 0.0636. The Bertz CT molecular complexity index is 1030. The number of carbonyl (C=O) groups is 1. The van der Waals surface area contributed by atoms with E-state index in [0.717, 1.165) is 22.3 Å². The van der Waals surface area contributed by atoms with E-state index in [0.29, 0.717) is 25.7 Å². The minimum Gasteiger partial charge on any atom is -0.288 e. The van der Waals surface area contributed by atoms with Gasteiger partial charge in [0.25, 0.3) is 0 Å². The number of ketones is 1. The van der Waals surface area contributed by atoms with E-state index >= 15 is 0 Å². The molecule has 0 amide bonds. The fourth-order valence-corrected chi connectivity index (χ4v) is 3.97. The first-order chi connectivity index (χ1) is 13.5. The number of hydrazine groups is 2. The van der Waals surface area contributed by atoms with Crippen molar-refractivity contribution in [3.63, 3.8) is 0 Å². The first-order valence-electron chi connectivity index (χ1n) is 8.34. The maximum atomic E-state index is 13.0. The van der Waals surface area contributed by atoms with Gasteiger partial charge in [-0.15, -0.1) is 0 Å². The van der Waals surface area contributed by atoms with Gasteiger partial charge >= 0.3 is 0 Å². The summed E-state index contributed by atoms with van der Waals surface area (Å²) in [6.07, 6.45) is 1.87. The van der Waals surface area contributed by atoms with Gasteiger partial charge < -0.3 is 0 Å². The van der Waals surface area contributed by atoms with E-state index in [-0.39, 0.29) is 5.78 Å². The molecule has 5 nitrogen and oxygen atoms in total. The third-order valence-corrected chi connectivity index (χ3v) is 6.05. The lowest BCUT2D eigenvalue weighted by Gasteiger charge is -2.21. The van der Waals surface area contributed by atoms with Gasteiger partial charge in [-0.05, 0) is 59.2 Å². The summed E-state index contributed by atoms with van der Waals surface area (Å²) in [4.78, 5) is 17.6. The number of thioether (sulfide) groups is 1. The summed E-state index contributed by atoms with van der Waals surface area (Å²) in [5, 5.41) is 1.46. The third kappa shape index (κ3) is 4.16. The molecule has 0 atom stereocenters. The molecule has 0 saturated heterocycles. The lowest BCUT2D eigenvalue weighted by atomic mass is 9.87. The molecule has 0 bridgehead atoms. The minimum atomic E-state index is -0.0636. The van der Waals surface area contributed by atoms with E-state index in [4.69, 9.17) is 29.0 Å². The zero-order chi connectivity index (χ0) is 20.3. The van der Waals surface area contributed by atoms with Gasteiger partial charge in [0.2, 0.25) is 0 Å². The van der Waals surface area contributed by atoms with Crippen LogP contribution in [-0.4, -0.2) is 18.0 Å². The van der Waals surface area contributed by atoms with Crippen LogP contribution in [0.2, 0.25) is 10.0 Å². The highest BCUT2D eigenvalue weighted by Gasteiger charge is 2.26. The lowest BCUT2D eigenvalue weighted by Crippen LogP contribution is -2.41. The Labute approximate surface area is 177 Å². The van der Waals surface area contributed by atoms with Gasteiger partial charge in [0.05, 0.1) is 15.0 Å². The zero-order valence-electron chi connectivity index (χ0n) is 15.2. The fourth-order valence-electron chi connectivity index (χ4n) is 2.89. The molecule has 0 aliphatic heterocycles. The highest BCUT2D eigenvalue weighted by atomic mass is 35.5. The number of hydrogen-bond donors (Lipinski definition) is 3. The standard InChI is InChI=1S/C20H18Cl2N4OS/c1-11(12-7-8-16(21)17(22)9-12)15-10-18(28-20(24-2)25-26-23)19(27)14-6-4-3-5-13(14)15/h3-10,26H,23H2,1-2H3,(H,24,25). The van der Waals surface area contributed by atoms with Crippen molar-refractivity contribution in [1.29, 1.82) is 0 Å². The van der Waals surface area contributed by atoms with Crippen LogP contribution < -0.4 is 16.8 Å². The van der Waals surface area contributed by atoms with E-state index in [9.17, 15) is 4.79 Å². The molecule has 1 aliphatic carbocycles. The van der Waals surface area contributed by atoms with Gasteiger partial charge in [0.15, 0.2) is 11.0 Å². The second-order valence-electron chi connectivity index (χ2n) is 5.95. The average molecular weight is 433 g/mol. The Hall–Kier alpha value is -2.09. The molecule has 0 unspecified atom stereocenters. The number of fused-ring (bicyclic) bond motifs is 1. The van der Waals surface area contributed by atoms with Crippen molar-refractivity contribution >= 4 is 57.1 Å². The highest BCUT2D eigenvalue weighted by molar-refractivity contribution is 8.17. The number of nitrogens with zero attached hydrogens (tertiary/aromatic N) is 1. The average Bonchev–Trinajstić information content (AvgIpc) is 2.71. The second kappa shape index (κ2) is 8.94. The summed E-state index contributed by atoms with van der Waals surface area (Å²) in [5.74, 6) is 5.24. The molecule has 0 heterocycles. The molecule has 4 N–H and O–H groups in total. The van der Waals surface area contributed by atoms with Crippen LogP contribution in [0.3, 0.4) is 0 Å². The SMILES string of the molecule is CN=C(NNN)SC1=CC(=C(C)c2ccc(Cl)c(Cl)c2)c2ccccc2C1=O. The molecule has 0 aromatic heterocycles. The number of aliphatic imine (C=N–C) groups is 1. The first kappa shape index (κ1) is 20.6. The fraction of sp³-hybridized carbons (Fsp3) is 0.100. The molecule has 2 aromatic carbocycles. The number of benzene rings is 2. The monoisotopic (exact) mass is 432 g/mol. The molecule has 0 spiro atoms. The third-order valence-electron chi connectivity index (χ3n) is 4.31. The number of allylic oxidation sites excluding steroid dienone is 4. The van der Waals surface area contributed by atoms with E-state index in [1.54, 1.807) is 13.1 Å². The Balaban J connectivity index is 2.15. The Morgan fingerprint density at radius 1 is 1.11 bits per heavy atom. The number of nitrogens with one attached hydrogen (secondary N) is 2. The normalized spacial score (nSPS) is 15.8. The number of Topliss-reactive ketones (excluding diaryl/α,β-unsaturated/α-hetero) is 1. The van der Waals surface area contributed by atoms with E-state index in [1.807, 2.05) is 49.4 Å². The van der Waals surface area contributed by atoms with Gasteiger partial charge in [-0.3, -0.25) is 21.1 Å². The maximum absolute atomic E-state index is 13.0. The molecule has 1 aliphatic rings. The van der Waals surface area contributed by atoms with Crippen LogP contribution in [0, 0.1) is 0 Å². The van der Waals surface area contributed by atoms with Crippen molar-refractivity contribution in [3.8, 4) is 0 Å². The predicted molar refractivity (Wildman–Crippen MR) is 119 cm³/mol. The largest absolute Gasteiger partial charge is 0.288 e. The molecule has 3 rings (SSSR count). The van der Waals surface area contributed by atoms with Crippen LogP contribution in [0.15, 0.2) is 58.4 Å². The van der Waals surface area contributed by atoms with Gasteiger partial charge in [0.1, 0.15) is 0 Å². The summed E-state index contributed by atoms with van der Waals surface area (Å²) in [6.45, 7) is 1.99. The molecular weight excluding hydrogens is 415 g/mol. The summed E-state index contributed by atoms with van der Waals surface area (Å²) in [5.41, 5.74) is 9.41. The van der Waals surface area contributed by atoms with E-state index < -0.39 is 0 Å². The van der Waals surface area contributed by atoms with Crippen molar-refractivity contribution < 1.29 is 4.79 Å². The molecule has 8 heteroatoms. The Morgan fingerprint density at radius 2 is 1.82 bits per heavy atom. The van der Waals surface area contributed by atoms with Crippen molar-refractivity contribution in [2.45, 2.75) is 6.92 Å². The van der Waals surface area contributed by atoms with Crippen molar-refractivity contribution in [2.24, 2.45) is 10.8 Å². The highest BCUT2D eigenvalue weighted by Crippen LogP contribution is 2.39. The molecule has 144 valence electrons. The number of rotatable bonds is 3. The first-order valence-corrected chi connectivity index (χ1v) is 9.91. The van der Waals surface area contributed by atoms with Crippen LogP contribution in [0.25, 0.3) is 11.1 Å². The van der Waals surface area contributed by atoms with Crippen LogP contribution >= 0.6 is 35.0 Å². The topological polar surface area (TPSA) is 79.5 Å². The number of carbonyl (C=O) groups excluding carboxylic acids is 1. The summed E-state index contributed by atoms with van der Waals surface area (Å²) >= 11 is 13.5. The summed E-state index contributed by atoms with van der Waals surface area (Å²) < 4.78 is 0. The number of halogens is 2. The molecule has 28 heavy (non-hydrogen) atoms. The molecular formula is C20H18Cl2N4OS. The Kier molecular flexibility index (Phi) is 6.59. The van der Waals surface area contributed by atoms with Gasteiger partial charge in [-0.2, -0.15) is 5.53 Å². The second-order valence-corrected chi connectivity index (χ2v) is 7.80. The molecule has 2 aromatic rings. The van der Waals surface area contributed by atoms with Crippen LogP contribution in [0.4, 0.5) is 0 Å². The van der Waals surface area contributed by atoms with Gasteiger partial charge in [-0.1, -0.05) is 53.5 Å². The van der Waals surface area contributed by atoms with Crippen molar-refractivity contribution in [2.75, 3.05) is 7.05 Å².